The zero-order valence-electron chi connectivity index (χ0n) is 7.27. The molecule has 0 unspecified atom stereocenters. The van der Waals surface area contributed by atoms with E-state index in [1.165, 1.54) is 38.8 Å². The lowest BCUT2D eigenvalue weighted by Gasteiger charge is -2.24. The molecule has 1 saturated heterocycles. The van der Waals surface area contributed by atoms with E-state index in [-0.39, 0.29) is 0 Å². The molecular weight excluding hydrogens is 122 g/mol. The van der Waals surface area contributed by atoms with Crippen molar-refractivity contribution in [2.24, 2.45) is 0 Å². The Labute approximate surface area is 64.4 Å². The minimum absolute atomic E-state index is 0.877. The fraction of sp³-hybridized carbons (Fsp3) is 1.00. The van der Waals surface area contributed by atoms with Gasteiger partial charge in [-0.25, -0.2) is 0 Å². The van der Waals surface area contributed by atoms with E-state index in [1.54, 1.807) is 0 Å². The van der Waals surface area contributed by atoms with Crippen molar-refractivity contribution in [3.8, 4) is 0 Å². The minimum Gasteiger partial charge on any atom is -0.300 e. The third-order valence-electron chi connectivity index (χ3n) is 2.60. The van der Waals surface area contributed by atoms with Gasteiger partial charge in [-0.1, -0.05) is 13.8 Å². The van der Waals surface area contributed by atoms with Gasteiger partial charge in [-0.3, -0.25) is 0 Å². The summed E-state index contributed by atoms with van der Waals surface area (Å²) in [6, 6.07) is 0.877. The van der Waals surface area contributed by atoms with Crippen molar-refractivity contribution in [2.45, 2.75) is 45.6 Å². The molecule has 1 nitrogen and oxygen atoms in total. The van der Waals surface area contributed by atoms with Gasteiger partial charge in [0.1, 0.15) is 0 Å². The molecule has 0 saturated carbocycles. The smallest absolute Gasteiger partial charge is 0.00900 e. The van der Waals surface area contributed by atoms with Gasteiger partial charge in [-0.05, 0) is 38.8 Å². The van der Waals surface area contributed by atoms with Crippen LogP contribution in [0.25, 0.3) is 0 Å². The molecule has 1 heterocycles. The SMILES string of the molecule is CCC(CC)N1CCCC1. The van der Waals surface area contributed by atoms with Gasteiger partial charge in [0, 0.05) is 6.04 Å². The summed E-state index contributed by atoms with van der Waals surface area (Å²) < 4.78 is 0. The van der Waals surface area contributed by atoms with Crippen molar-refractivity contribution >= 4 is 0 Å². The molecule has 1 aliphatic rings. The summed E-state index contributed by atoms with van der Waals surface area (Å²) >= 11 is 0. The van der Waals surface area contributed by atoms with Gasteiger partial charge in [0.05, 0.1) is 0 Å². The molecular formula is C9H19N. The summed E-state index contributed by atoms with van der Waals surface area (Å²) in [7, 11) is 0. The summed E-state index contributed by atoms with van der Waals surface area (Å²) in [5.74, 6) is 0. The van der Waals surface area contributed by atoms with Gasteiger partial charge in [0.25, 0.3) is 0 Å². The maximum Gasteiger partial charge on any atom is 0.00900 e. The molecule has 10 heavy (non-hydrogen) atoms. The Kier molecular flexibility index (Phi) is 3.20. The van der Waals surface area contributed by atoms with E-state index in [1.807, 2.05) is 0 Å². The molecule has 0 aromatic heterocycles. The first-order valence-electron chi connectivity index (χ1n) is 4.62. The largest absolute Gasteiger partial charge is 0.300 e. The molecule has 0 spiro atoms. The van der Waals surface area contributed by atoms with Crippen molar-refractivity contribution in [1.82, 2.24) is 4.90 Å². The molecule has 0 amide bonds. The van der Waals surface area contributed by atoms with E-state index < -0.39 is 0 Å². The van der Waals surface area contributed by atoms with Crippen molar-refractivity contribution in [3.63, 3.8) is 0 Å². The molecule has 0 bridgehead atoms. The topological polar surface area (TPSA) is 3.24 Å². The Morgan fingerprint density at radius 1 is 1.10 bits per heavy atom. The maximum atomic E-state index is 2.64. The quantitative estimate of drug-likeness (QED) is 0.583. The Morgan fingerprint density at radius 2 is 1.60 bits per heavy atom. The first kappa shape index (κ1) is 8.06. The predicted octanol–water partition coefficient (Wildman–Crippen LogP) is 2.27. The highest BCUT2D eigenvalue weighted by molar-refractivity contribution is 4.73. The molecule has 0 N–H and O–H groups in total. The van der Waals surface area contributed by atoms with Crippen molar-refractivity contribution in [1.29, 1.82) is 0 Å². The standard InChI is InChI=1S/C9H19N/c1-3-9(4-2)10-7-5-6-8-10/h9H,3-8H2,1-2H3. The van der Waals surface area contributed by atoms with Crippen LogP contribution in [0, 0.1) is 0 Å². The second-order valence-electron chi connectivity index (χ2n) is 3.21. The van der Waals surface area contributed by atoms with Gasteiger partial charge in [-0.2, -0.15) is 0 Å². The first-order valence-corrected chi connectivity index (χ1v) is 4.62. The first-order chi connectivity index (χ1) is 4.88. The van der Waals surface area contributed by atoms with E-state index in [4.69, 9.17) is 0 Å². The number of rotatable bonds is 3. The van der Waals surface area contributed by atoms with Crippen LogP contribution in [0.2, 0.25) is 0 Å². The lowest BCUT2D eigenvalue weighted by molar-refractivity contribution is 0.230. The van der Waals surface area contributed by atoms with Crippen LogP contribution in [0.15, 0.2) is 0 Å². The molecule has 1 heteroatoms. The molecule has 0 aromatic carbocycles. The Morgan fingerprint density at radius 3 is 2.00 bits per heavy atom. The summed E-state index contributed by atoms with van der Waals surface area (Å²) in [5.41, 5.74) is 0. The second-order valence-corrected chi connectivity index (χ2v) is 3.21. The number of hydrogen-bond acceptors (Lipinski definition) is 1. The van der Waals surface area contributed by atoms with Crippen LogP contribution in [0.5, 0.6) is 0 Å². The zero-order valence-corrected chi connectivity index (χ0v) is 7.27. The summed E-state index contributed by atoms with van der Waals surface area (Å²) in [4.78, 5) is 2.64. The molecule has 0 aliphatic carbocycles. The molecule has 1 fully saturated rings. The molecule has 1 aliphatic heterocycles. The number of likely N-dealkylation sites (tertiary alicyclic amines) is 1. The fourth-order valence-electron chi connectivity index (χ4n) is 1.91. The van der Waals surface area contributed by atoms with E-state index in [2.05, 4.69) is 18.7 Å². The Hall–Kier alpha value is -0.0400. The van der Waals surface area contributed by atoms with Crippen LogP contribution >= 0.6 is 0 Å². The van der Waals surface area contributed by atoms with Crippen LogP contribution in [0.1, 0.15) is 39.5 Å². The van der Waals surface area contributed by atoms with Crippen LogP contribution < -0.4 is 0 Å². The van der Waals surface area contributed by atoms with Gasteiger partial charge in [0.15, 0.2) is 0 Å². The van der Waals surface area contributed by atoms with E-state index in [0.29, 0.717) is 0 Å². The van der Waals surface area contributed by atoms with Crippen LogP contribution in [0.3, 0.4) is 0 Å². The van der Waals surface area contributed by atoms with E-state index in [0.717, 1.165) is 6.04 Å². The molecule has 60 valence electrons. The maximum absolute atomic E-state index is 2.64. The lowest BCUT2D eigenvalue weighted by Crippen LogP contribution is -2.31. The third kappa shape index (κ3) is 1.72. The monoisotopic (exact) mass is 141 g/mol. The average molecular weight is 141 g/mol. The fourth-order valence-corrected chi connectivity index (χ4v) is 1.91. The molecule has 0 aromatic rings. The second kappa shape index (κ2) is 3.97. The predicted molar refractivity (Wildman–Crippen MR) is 45.2 cm³/mol. The van der Waals surface area contributed by atoms with Crippen LogP contribution in [-0.4, -0.2) is 24.0 Å². The van der Waals surface area contributed by atoms with Gasteiger partial charge >= 0.3 is 0 Å². The molecule has 0 atom stereocenters. The highest BCUT2D eigenvalue weighted by Gasteiger charge is 2.17. The van der Waals surface area contributed by atoms with Crippen molar-refractivity contribution < 1.29 is 0 Å². The normalized spacial score (nSPS) is 20.7. The van der Waals surface area contributed by atoms with Crippen molar-refractivity contribution in [3.05, 3.63) is 0 Å². The van der Waals surface area contributed by atoms with E-state index >= 15 is 0 Å². The lowest BCUT2D eigenvalue weighted by atomic mass is 10.1. The summed E-state index contributed by atoms with van der Waals surface area (Å²) in [6.45, 7) is 7.30. The van der Waals surface area contributed by atoms with Crippen LogP contribution in [0.4, 0.5) is 0 Å². The van der Waals surface area contributed by atoms with Gasteiger partial charge in [-0.15, -0.1) is 0 Å². The minimum atomic E-state index is 0.877. The number of hydrogen-bond donors (Lipinski definition) is 0. The van der Waals surface area contributed by atoms with Crippen molar-refractivity contribution in [2.75, 3.05) is 13.1 Å². The van der Waals surface area contributed by atoms with Crippen LogP contribution in [-0.2, 0) is 0 Å². The Bertz CT molecular complexity index is 80.7. The average Bonchev–Trinajstić information content (AvgIpc) is 2.43. The van der Waals surface area contributed by atoms with Gasteiger partial charge in [0.2, 0.25) is 0 Å². The molecule has 0 radical (unpaired) electrons. The summed E-state index contributed by atoms with van der Waals surface area (Å²) in [6.07, 6.45) is 5.51. The van der Waals surface area contributed by atoms with E-state index in [9.17, 15) is 0 Å². The third-order valence-corrected chi connectivity index (χ3v) is 2.60. The zero-order chi connectivity index (χ0) is 7.40. The highest BCUT2D eigenvalue weighted by atomic mass is 15.2. The van der Waals surface area contributed by atoms with Gasteiger partial charge < -0.3 is 4.90 Å². The Balaban J connectivity index is 2.29. The molecule has 1 rings (SSSR count). The number of nitrogens with zero attached hydrogens (tertiary/aromatic N) is 1. The highest BCUT2D eigenvalue weighted by Crippen LogP contribution is 2.15. The summed E-state index contributed by atoms with van der Waals surface area (Å²) in [5, 5.41) is 0.